The molecule has 2 aliphatic rings. The van der Waals surface area contributed by atoms with E-state index in [9.17, 15) is 5.11 Å². The smallest absolute Gasteiger partial charge is 0.0779 e. The van der Waals surface area contributed by atoms with Crippen molar-refractivity contribution in [2.75, 3.05) is 0 Å². The predicted molar refractivity (Wildman–Crippen MR) is 109 cm³/mol. The molecule has 0 saturated heterocycles. The van der Waals surface area contributed by atoms with Gasteiger partial charge in [-0.25, -0.2) is 0 Å². The standard InChI is InChI=1S/C20H26Cl4O/c21-17-10-5-11-18(22)20(24)13-15(12-19(17)23)14-6-1-3-8-16(25)9-4-2-7-14/h1,16-19,25H,2-5,7-12H2. The first-order valence-corrected chi connectivity index (χ1v) is 10.9. The van der Waals surface area contributed by atoms with Crippen molar-refractivity contribution in [3.8, 4) is 0 Å². The van der Waals surface area contributed by atoms with Gasteiger partial charge in [0.1, 0.15) is 0 Å². The number of hydrogen-bond donors (Lipinski definition) is 1. The third-order valence-corrected chi connectivity index (χ3v) is 6.79. The molecule has 2 rings (SSSR count). The lowest BCUT2D eigenvalue weighted by molar-refractivity contribution is 0.152. The van der Waals surface area contributed by atoms with Crippen molar-refractivity contribution in [2.24, 2.45) is 0 Å². The summed E-state index contributed by atoms with van der Waals surface area (Å²) in [4.78, 5) is 0. The number of aliphatic hydroxyl groups is 1. The molecular weight excluding hydrogens is 398 g/mol. The van der Waals surface area contributed by atoms with E-state index in [2.05, 4.69) is 11.5 Å². The lowest BCUT2D eigenvalue weighted by Crippen LogP contribution is -2.18. The molecule has 0 aliphatic heterocycles. The Morgan fingerprint density at radius 2 is 1.72 bits per heavy atom. The van der Waals surface area contributed by atoms with Crippen LogP contribution in [0.4, 0.5) is 0 Å². The number of aliphatic hydroxyl groups excluding tert-OH is 1. The monoisotopic (exact) mass is 422 g/mol. The Morgan fingerprint density at radius 1 is 0.920 bits per heavy atom. The highest BCUT2D eigenvalue weighted by Gasteiger charge is 2.22. The maximum atomic E-state index is 9.86. The molecule has 0 aromatic heterocycles. The summed E-state index contributed by atoms with van der Waals surface area (Å²) in [6.45, 7) is 0. The van der Waals surface area contributed by atoms with Crippen molar-refractivity contribution in [1.82, 2.24) is 0 Å². The number of allylic oxidation sites excluding steroid dienone is 2. The van der Waals surface area contributed by atoms with Crippen molar-refractivity contribution in [3.63, 3.8) is 0 Å². The third-order valence-electron chi connectivity index (χ3n) is 4.77. The Hall–Kier alpha value is 0.160. The van der Waals surface area contributed by atoms with Crippen LogP contribution in [0, 0.1) is 0 Å². The first-order chi connectivity index (χ1) is 12.0. The Bertz CT molecular complexity index is 570. The molecule has 0 spiro atoms. The Labute approximate surface area is 171 Å². The quantitative estimate of drug-likeness (QED) is 0.362. The zero-order chi connectivity index (χ0) is 18.2. The van der Waals surface area contributed by atoms with E-state index in [-0.39, 0.29) is 22.2 Å². The fourth-order valence-electron chi connectivity index (χ4n) is 3.20. The minimum Gasteiger partial charge on any atom is -0.393 e. The second-order valence-corrected chi connectivity index (χ2v) is 8.95. The molecule has 0 bridgehead atoms. The van der Waals surface area contributed by atoms with Gasteiger partial charge in [-0.05, 0) is 57.4 Å². The Kier molecular flexibility index (Phi) is 9.53. The van der Waals surface area contributed by atoms with Crippen molar-refractivity contribution in [1.29, 1.82) is 0 Å². The molecule has 2 aliphatic carbocycles. The molecule has 0 aromatic carbocycles. The summed E-state index contributed by atoms with van der Waals surface area (Å²) in [5, 5.41) is 9.94. The van der Waals surface area contributed by atoms with E-state index in [0.29, 0.717) is 11.5 Å². The summed E-state index contributed by atoms with van der Waals surface area (Å²) in [6.07, 6.45) is 10.3. The van der Waals surface area contributed by atoms with Gasteiger partial charge in [0.25, 0.3) is 0 Å². The van der Waals surface area contributed by atoms with Crippen LogP contribution in [0.5, 0.6) is 0 Å². The van der Waals surface area contributed by atoms with Gasteiger partial charge in [-0.1, -0.05) is 30.2 Å². The highest BCUT2D eigenvalue weighted by atomic mass is 35.5. The normalized spacial score (nSPS) is 33.1. The van der Waals surface area contributed by atoms with Crippen LogP contribution in [0.25, 0.3) is 0 Å². The summed E-state index contributed by atoms with van der Waals surface area (Å²) < 4.78 is 0. The van der Waals surface area contributed by atoms with E-state index >= 15 is 0 Å². The molecule has 0 saturated carbocycles. The molecule has 0 fully saturated rings. The number of halogens is 4. The van der Waals surface area contributed by atoms with Gasteiger partial charge in [0.05, 0.1) is 27.3 Å². The van der Waals surface area contributed by atoms with Gasteiger partial charge in [-0.2, -0.15) is 0 Å². The molecule has 25 heavy (non-hydrogen) atoms. The minimum atomic E-state index is -0.230. The molecule has 0 aromatic rings. The first kappa shape index (κ1) is 21.5. The first-order valence-electron chi connectivity index (χ1n) is 9.17. The van der Waals surface area contributed by atoms with Crippen molar-refractivity contribution >= 4 is 46.4 Å². The SMILES string of the molecule is OC1CCC=C=C(C2=C=C(Cl)C(Cl)CCCC(Cl)C(Cl)C2)CCCC1. The molecule has 1 N–H and O–H groups in total. The topological polar surface area (TPSA) is 20.2 Å². The lowest BCUT2D eigenvalue weighted by atomic mass is 9.93. The fraction of sp³-hybridized carbons (Fsp3) is 0.700. The van der Waals surface area contributed by atoms with Crippen molar-refractivity contribution in [2.45, 2.75) is 86.4 Å². The lowest BCUT2D eigenvalue weighted by Gasteiger charge is -2.20. The van der Waals surface area contributed by atoms with Gasteiger partial charge in [0, 0.05) is 11.1 Å². The van der Waals surface area contributed by atoms with Crippen LogP contribution in [0.2, 0.25) is 0 Å². The highest BCUT2D eigenvalue weighted by Crippen LogP contribution is 2.32. The van der Waals surface area contributed by atoms with Crippen molar-refractivity contribution in [3.05, 3.63) is 33.7 Å². The predicted octanol–water partition coefficient (Wildman–Crippen LogP) is 6.83. The highest BCUT2D eigenvalue weighted by molar-refractivity contribution is 6.37. The Morgan fingerprint density at radius 3 is 2.52 bits per heavy atom. The van der Waals surface area contributed by atoms with Crippen LogP contribution in [-0.4, -0.2) is 27.3 Å². The zero-order valence-corrected chi connectivity index (χ0v) is 17.4. The molecule has 4 atom stereocenters. The minimum absolute atomic E-state index is 0.0848. The van der Waals surface area contributed by atoms with Crippen LogP contribution in [0.3, 0.4) is 0 Å². The zero-order valence-electron chi connectivity index (χ0n) is 14.4. The average molecular weight is 424 g/mol. The molecule has 0 amide bonds. The van der Waals surface area contributed by atoms with Gasteiger partial charge in [-0.3, -0.25) is 0 Å². The molecule has 5 heteroatoms. The number of rotatable bonds is 1. The van der Waals surface area contributed by atoms with Crippen LogP contribution in [-0.2, 0) is 0 Å². The van der Waals surface area contributed by atoms with Crippen LogP contribution in [0.1, 0.15) is 64.2 Å². The second-order valence-electron chi connectivity index (χ2n) is 6.89. The van der Waals surface area contributed by atoms with Crippen LogP contribution in [0.15, 0.2) is 33.7 Å². The molecule has 1 nitrogen and oxygen atoms in total. The summed E-state index contributed by atoms with van der Waals surface area (Å²) in [7, 11) is 0. The molecule has 0 heterocycles. The van der Waals surface area contributed by atoms with E-state index in [1.165, 1.54) is 0 Å². The van der Waals surface area contributed by atoms with E-state index in [0.717, 1.165) is 68.9 Å². The van der Waals surface area contributed by atoms with Crippen LogP contribution >= 0.6 is 46.4 Å². The second kappa shape index (κ2) is 11.1. The third kappa shape index (κ3) is 7.36. The van der Waals surface area contributed by atoms with Gasteiger partial charge in [0.2, 0.25) is 0 Å². The fourth-order valence-corrected chi connectivity index (χ4v) is 4.16. The molecule has 0 radical (unpaired) electrons. The van der Waals surface area contributed by atoms with E-state index < -0.39 is 0 Å². The maximum Gasteiger partial charge on any atom is 0.0779 e. The summed E-state index contributed by atoms with van der Waals surface area (Å²) >= 11 is 25.8. The van der Waals surface area contributed by atoms with E-state index in [4.69, 9.17) is 46.4 Å². The Balaban J connectivity index is 2.37. The largest absolute Gasteiger partial charge is 0.393 e. The van der Waals surface area contributed by atoms with Gasteiger partial charge >= 0.3 is 0 Å². The summed E-state index contributed by atoms with van der Waals surface area (Å²) in [5.41, 5.74) is 8.77. The average Bonchev–Trinajstić information content (AvgIpc) is 2.58. The van der Waals surface area contributed by atoms with Gasteiger partial charge in [0.15, 0.2) is 0 Å². The summed E-state index contributed by atoms with van der Waals surface area (Å²) in [5.74, 6) is 0. The van der Waals surface area contributed by atoms with Crippen molar-refractivity contribution < 1.29 is 5.11 Å². The van der Waals surface area contributed by atoms with Gasteiger partial charge in [-0.15, -0.1) is 40.5 Å². The molecule has 140 valence electrons. The van der Waals surface area contributed by atoms with E-state index in [1.54, 1.807) is 0 Å². The summed E-state index contributed by atoms with van der Waals surface area (Å²) in [6, 6.07) is 0. The molecular formula is C20H26Cl4O. The maximum absolute atomic E-state index is 9.86. The van der Waals surface area contributed by atoms with E-state index in [1.807, 2.05) is 6.08 Å². The number of alkyl halides is 3. The van der Waals surface area contributed by atoms with Crippen LogP contribution < -0.4 is 0 Å². The molecule has 4 unspecified atom stereocenters. The van der Waals surface area contributed by atoms with Gasteiger partial charge < -0.3 is 5.11 Å². The number of hydrogen-bond acceptors (Lipinski definition) is 1.